The van der Waals surface area contributed by atoms with Gasteiger partial charge in [-0.1, -0.05) is 30.3 Å². The third kappa shape index (κ3) is 3.18. The Morgan fingerprint density at radius 2 is 1.77 bits per heavy atom. The summed E-state index contributed by atoms with van der Waals surface area (Å²) in [5.74, 6) is 0. The zero-order chi connectivity index (χ0) is 9.68. The van der Waals surface area contributed by atoms with Crippen LogP contribution >= 0.6 is 23.2 Å². The van der Waals surface area contributed by atoms with Crippen LogP contribution in [0.3, 0.4) is 0 Å². The Bertz CT molecular complexity index is 238. The molecule has 0 bridgehead atoms. The SMILES string of the molecule is NCCC(Cl)C(Cl)c1ccccc1. The monoisotopic (exact) mass is 217 g/mol. The number of benzene rings is 1. The lowest BCUT2D eigenvalue weighted by Gasteiger charge is -2.15. The zero-order valence-electron chi connectivity index (χ0n) is 7.29. The van der Waals surface area contributed by atoms with Crippen molar-refractivity contribution >= 4 is 23.2 Å². The van der Waals surface area contributed by atoms with Gasteiger partial charge in [-0.05, 0) is 18.5 Å². The molecule has 0 fully saturated rings. The summed E-state index contributed by atoms with van der Waals surface area (Å²) in [6, 6.07) is 9.82. The second-order valence-corrected chi connectivity index (χ2v) is 3.94. The van der Waals surface area contributed by atoms with E-state index in [9.17, 15) is 0 Å². The lowest BCUT2D eigenvalue weighted by Crippen LogP contribution is -2.13. The fourth-order valence-corrected chi connectivity index (χ4v) is 1.69. The van der Waals surface area contributed by atoms with Gasteiger partial charge in [0.25, 0.3) is 0 Å². The molecule has 2 N–H and O–H groups in total. The summed E-state index contributed by atoms with van der Waals surface area (Å²) in [4.78, 5) is 0. The Morgan fingerprint density at radius 1 is 1.15 bits per heavy atom. The Balaban J connectivity index is 2.62. The topological polar surface area (TPSA) is 26.0 Å². The second kappa shape index (κ2) is 5.48. The Labute approximate surface area is 88.8 Å². The summed E-state index contributed by atoms with van der Waals surface area (Å²) in [5.41, 5.74) is 6.46. The highest BCUT2D eigenvalue weighted by molar-refractivity contribution is 6.30. The lowest BCUT2D eigenvalue weighted by molar-refractivity contribution is 0.735. The highest BCUT2D eigenvalue weighted by atomic mass is 35.5. The molecule has 0 aliphatic rings. The Kier molecular flexibility index (Phi) is 4.57. The van der Waals surface area contributed by atoms with Crippen LogP contribution in [0.2, 0.25) is 0 Å². The van der Waals surface area contributed by atoms with E-state index < -0.39 is 0 Å². The molecule has 2 atom stereocenters. The standard InChI is InChI=1S/C10H13Cl2N/c11-9(6-7-13)10(12)8-4-2-1-3-5-8/h1-5,9-10H,6-7,13H2. The van der Waals surface area contributed by atoms with E-state index in [1.807, 2.05) is 30.3 Å². The van der Waals surface area contributed by atoms with E-state index in [0.717, 1.165) is 12.0 Å². The van der Waals surface area contributed by atoms with Crippen LogP contribution < -0.4 is 5.73 Å². The predicted molar refractivity (Wildman–Crippen MR) is 58.3 cm³/mol. The normalized spacial score (nSPS) is 15.3. The van der Waals surface area contributed by atoms with Crippen molar-refractivity contribution in [2.45, 2.75) is 17.2 Å². The Hall–Kier alpha value is -0.240. The average molecular weight is 218 g/mol. The van der Waals surface area contributed by atoms with Gasteiger partial charge >= 0.3 is 0 Å². The molecule has 0 amide bonds. The minimum absolute atomic E-state index is 0.0888. The Morgan fingerprint density at radius 3 is 2.31 bits per heavy atom. The highest BCUT2D eigenvalue weighted by Crippen LogP contribution is 2.29. The van der Waals surface area contributed by atoms with Crippen LogP contribution in [0.15, 0.2) is 30.3 Å². The maximum absolute atomic E-state index is 6.15. The van der Waals surface area contributed by atoms with Crippen LogP contribution in [-0.2, 0) is 0 Å². The summed E-state index contributed by atoms with van der Waals surface area (Å²) in [5, 5.41) is -0.236. The molecule has 0 heterocycles. The van der Waals surface area contributed by atoms with Gasteiger partial charge in [0.1, 0.15) is 0 Å². The van der Waals surface area contributed by atoms with Crippen molar-refractivity contribution < 1.29 is 0 Å². The molecule has 1 aromatic carbocycles. The zero-order valence-corrected chi connectivity index (χ0v) is 8.80. The van der Waals surface area contributed by atoms with Crippen molar-refractivity contribution in [3.8, 4) is 0 Å². The number of alkyl halides is 2. The molecular formula is C10H13Cl2N. The van der Waals surface area contributed by atoms with Crippen molar-refractivity contribution in [2.75, 3.05) is 6.54 Å². The maximum atomic E-state index is 6.15. The number of halogens is 2. The predicted octanol–water partition coefficient (Wildman–Crippen LogP) is 2.92. The first-order chi connectivity index (χ1) is 6.25. The summed E-state index contributed by atoms with van der Waals surface area (Å²) in [6.45, 7) is 0.574. The third-order valence-corrected chi connectivity index (χ3v) is 3.03. The van der Waals surface area contributed by atoms with E-state index in [-0.39, 0.29) is 10.8 Å². The van der Waals surface area contributed by atoms with E-state index in [1.165, 1.54) is 0 Å². The van der Waals surface area contributed by atoms with Crippen molar-refractivity contribution in [2.24, 2.45) is 5.73 Å². The fraction of sp³-hybridized carbons (Fsp3) is 0.400. The maximum Gasteiger partial charge on any atom is 0.0749 e. The summed E-state index contributed by atoms with van der Waals surface area (Å²) in [7, 11) is 0. The number of hydrogen-bond acceptors (Lipinski definition) is 1. The minimum atomic E-state index is -0.147. The highest BCUT2D eigenvalue weighted by Gasteiger charge is 2.17. The van der Waals surface area contributed by atoms with Gasteiger partial charge in [-0.25, -0.2) is 0 Å². The van der Waals surface area contributed by atoms with E-state index in [0.29, 0.717) is 6.54 Å². The first-order valence-electron chi connectivity index (χ1n) is 4.29. The molecular weight excluding hydrogens is 205 g/mol. The average Bonchev–Trinajstić information content (AvgIpc) is 2.18. The molecule has 1 rings (SSSR count). The molecule has 0 aliphatic carbocycles. The van der Waals surface area contributed by atoms with E-state index in [4.69, 9.17) is 28.9 Å². The number of rotatable bonds is 4. The van der Waals surface area contributed by atoms with Gasteiger partial charge in [0.15, 0.2) is 0 Å². The molecule has 0 saturated heterocycles. The van der Waals surface area contributed by atoms with E-state index in [2.05, 4.69) is 0 Å². The van der Waals surface area contributed by atoms with Crippen LogP contribution in [0, 0.1) is 0 Å². The third-order valence-electron chi connectivity index (χ3n) is 1.88. The molecule has 0 spiro atoms. The number of hydrogen-bond donors (Lipinski definition) is 1. The van der Waals surface area contributed by atoms with Crippen molar-refractivity contribution in [3.63, 3.8) is 0 Å². The molecule has 13 heavy (non-hydrogen) atoms. The second-order valence-electron chi connectivity index (χ2n) is 2.91. The van der Waals surface area contributed by atoms with Crippen molar-refractivity contribution in [3.05, 3.63) is 35.9 Å². The fourth-order valence-electron chi connectivity index (χ4n) is 1.15. The minimum Gasteiger partial charge on any atom is -0.330 e. The number of nitrogens with two attached hydrogens (primary N) is 1. The van der Waals surface area contributed by atoms with Crippen LogP contribution in [0.25, 0.3) is 0 Å². The van der Waals surface area contributed by atoms with Crippen LogP contribution in [0.4, 0.5) is 0 Å². The molecule has 0 aliphatic heterocycles. The van der Waals surface area contributed by atoms with Crippen LogP contribution in [0.5, 0.6) is 0 Å². The molecule has 0 radical (unpaired) electrons. The van der Waals surface area contributed by atoms with Crippen molar-refractivity contribution in [1.82, 2.24) is 0 Å². The molecule has 3 heteroatoms. The van der Waals surface area contributed by atoms with Crippen LogP contribution in [0.1, 0.15) is 17.4 Å². The van der Waals surface area contributed by atoms with E-state index >= 15 is 0 Å². The largest absolute Gasteiger partial charge is 0.330 e. The summed E-state index contributed by atoms with van der Waals surface area (Å²) in [6.07, 6.45) is 0.741. The molecule has 72 valence electrons. The van der Waals surface area contributed by atoms with Gasteiger partial charge < -0.3 is 5.73 Å². The molecule has 0 saturated carbocycles. The smallest absolute Gasteiger partial charge is 0.0749 e. The molecule has 1 aromatic rings. The van der Waals surface area contributed by atoms with Gasteiger partial charge in [0.2, 0.25) is 0 Å². The van der Waals surface area contributed by atoms with Gasteiger partial charge in [-0.15, -0.1) is 23.2 Å². The van der Waals surface area contributed by atoms with Crippen molar-refractivity contribution in [1.29, 1.82) is 0 Å². The van der Waals surface area contributed by atoms with Gasteiger partial charge in [0, 0.05) is 0 Å². The quantitative estimate of drug-likeness (QED) is 0.772. The van der Waals surface area contributed by atoms with Gasteiger partial charge in [-0.3, -0.25) is 0 Å². The lowest BCUT2D eigenvalue weighted by atomic mass is 10.1. The molecule has 1 nitrogen and oxygen atoms in total. The van der Waals surface area contributed by atoms with Gasteiger partial charge in [-0.2, -0.15) is 0 Å². The van der Waals surface area contributed by atoms with E-state index in [1.54, 1.807) is 0 Å². The molecule has 2 unspecified atom stereocenters. The summed E-state index contributed by atoms with van der Waals surface area (Å²) < 4.78 is 0. The van der Waals surface area contributed by atoms with Crippen LogP contribution in [-0.4, -0.2) is 11.9 Å². The molecule has 0 aromatic heterocycles. The summed E-state index contributed by atoms with van der Waals surface area (Å²) >= 11 is 12.2. The first kappa shape index (κ1) is 10.8. The first-order valence-corrected chi connectivity index (χ1v) is 5.16. The van der Waals surface area contributed by atoms with Gasteiger partial charge in [0.05, 0.1) is 10.8 Å².